The Hall–Kier alpha value is -2.35. The van der Waals surface area contributed by atoms with Gasteiger partial charge in [-0.3, -0.25) is 9.59 Å². The van der Waals surface area contributed by atoms with Crippen molar-refractivity contribution >= 4 is 17.4 Å². The topological polar surface area (TPSA) is 73.2 Å². The quantitative estimate of drug-likeness (QED) is 0.644. The minimum atomic E-state index is -0.0665. The first-order chi connectivity index (χ1) is 11.6. The average molecular weight is 327 g/mol. The molecule has 1 aromatic carbocycles. The van der Waals surface area contributed by atoms with Gasteiger partial charge in [0.25, 0.3) is 0 Å². The van der Waals surface area contributed by atoms with Gasteiger partial charge in [0.1, 0.15) is 6.07 Å². The Morgan fingerprint density at radius 2 is 2.21 bits per heavy atom. The fourth-order valence-corrected chi connectivity index (χ4v) is 3.05. The van der Waals surface area contributed by atoms with E-state index in [1.54, 1.807) is 18.2 Å². The molecule has 1 saturated heterocycles. The SMILES string of the molecule is CCCCNC(=O)C1CCCN(c2cc(C(C)=O)ccc2C#N)C1. The lowest BCUT2D eigenvalue weighted by Gasteiger charge is -2.34. The molecule has 1 N–H and O–H groups in total. The summed E-state index contributed by atoms with van der Waals surface area (Å²) in [4.78, 5) is 26.0. The normalized spacial score (nSPS) is 17.2. The largest absolute Gasteiger partial charge is 0.370 e. The monoisotopic (exact) mass is 327 g/mol. The van der Waals surface area contributed by atoms with E-state index in [2.05, 4.69) is 23.2 Å². The number of carbonyl (C=O) groups is 2. The van der Waals surface area contributed by atoms with Gasteiger partial charge >= 0.3 is 0 Å². The van der Waals surface area contributed by atoms with E-state index in [-0.39, 0.29) is 17.6 Å². The van der Waals surface area contributed by atoms with Gasteiger partial charge in [0.15, 0.2) is 5.78 Å². The lowest BCUT2D eigenvalue weighted by Crippen LogP contribution is -2.43. The molecule has 1 unspecified atom stereocenters. The second kappa shape index (κ2) is 8.49. The lowest BCUT2D eigenvalue weighted by atomic mass is 9.95. The van der Waals surface area contributed by atoms with Crippen molar-refractivity contribution < 1.29 is 9.59 Å². The van der Waals surface area contributed by atoms with Crippen LogP contribution >= 0.6 is 0 Å². The van der Waals surface area contributed by atoms with Crippen molar-refractivity contribution in [2.75, 3.05) is 24.5 Å². The van der Waals surface area contributed by atoms with Crippen molar-refractivity contribution in [3.8, 4) is 6.07 Å². The maximum absolute atomic E-state index is 12.3. The second-order valence-corrected chi connectivity index (χ2v) is 6.33. The van der Waals surface area contributed by atoms with Gasteiger partial charge < -0.3 is 10.2 Å². The molecular formula is C19H25N3O2. The van der Waals surface area contributed by atoms with Crippen LogP contribution in [0.4, 0.5) is 5.69 Å². The maximum atomic E-state index is 12.3. The van der Waals surface area contributed by atoms with Crippen LogP contribution in [0.3, 0.4) is 0 Å². The summed E-state index contributed by atoms with van der Waals surface area (Å²) in [5, 5.41) is 12.4. The first-order valence-electron chi connectivity index (χ1n) is 8.64. The third-order valence-electron chi connectivity index (χ3n) is 4.49. The van der Waals surface area contributed by atoms with Crippen LogP contribution in [0.2, 0.25) is 0 Å². The molecule has 5 nitrogen and oxygen atoms in total. The van der Waals surface area contributed by atoms with Gasteiger partial charge in [-0.05, 0) is 44.4 Å². The summed E-state index contributed by atoms with van der Waals surface area (Å²) in [6.45, 7) is 5.73. The van der Waals surface area contributed by atoms with Crippen molar-refractivity contribution in [2.45, 2.75) is 39.5 Å². The van der Waals surface area contributed by atoms with E-state index in [0.29, 0.717) is 17.7 Å². The van der Waals surface area contributed by atoms with Gasteiger partial charge in [-0.1, -0.05) is 13.3 Å². The number of carbonyl (C=O) groups excluding carboxylic acids is 2. The van der Waals surface area contributed by atoms with Crippen LogP contribution in [0.15, 0.2) is 18.2 Å². The number of rotatable bonds is 6. The summed E-state index contributed by atoms with van der Waals surface area (Å²) in [7, 11) is 0. The fourth-order valence-electron chi connectivity index (χ4n) is 3.05. The first-order valence-corrected chi connectivity index (χ1v) is 8.64. The van der Waals surface area contributed by atoms with Crippen LogP contribution in [-0.4, -0.2) is 31.3 Å². The van der Waals surface area contributed by atoms with Crippen molar-refractivity contribution in [3.05, 3.63) is 29.3 Å². The maximum Gasteiger partial charge on any atom is 0.224 e. The molecule has 0 radical (unpaired) electrons. The Labute approximate surface area is 143 Å². The Balaban J connectivity index is 2.14. The van der Waals surface area contributed by atoms with Gasteiger partial charge in [-0.15, -0.1) is 0 Å². The molecule has 0 saturated carbocycles. The number of hydrogen-bond donors (Lipinski definition) is 1. The number of nitriles is 1. The number of anilines is 1. The molecule has 1 aliphatic heterocycles. The van der Waals surface area contributed by atoms with Crippen molar-refractivity contribution in [3.63, 3.8) is 0 Å². The molecule has 1 fully saturated rings. The van der Waals surface area contributed by atoms with Crippen molar-refractivity contribution in [1.82, 2.24) is 5.32 Å². The van der Waals surface area contributed by atoms with Gasteiger partial charge in [0, 0.05) is 25.2 Å². The zero-order chi connectivity index (χ0) is 17.5. The summed E-state index contributed by atoms with van der Waals surface area (Å²) in [6.07, 6.45) is 3.81. The molecule has 5 heteroatoms. The number of Topliss-reactive ketones (excluding diaryl/α,β-unsaturated/α-hetero) is 1. The van der Waals surface area contributed by atoms with Gasteiger partial charge in [0.2, 0.25) is 5.91 Å². The molecule has 2 rings (SSSR count). The predicted octanol–water partition coefficient (Wildman–Crippen LogP) is 2.89. The highest BCUT2D eigenvalue weighted by molar-refractivity contribution is 5.95. The summed E-state index contributed by atoms with van der Waals surface area (Å²) in [5.41, 5.74) is 1.90. The highest BCUT2D eigenvalue weighted by Crippen LogP contribution is 2.27. The summed E-state index contributed by atoms with van der Waals surface area (Å²) in [6, 6.07) is 7.34. The standard InChI is InChI=1S/C19H25N3O2/c1-3-4-9-21-19(24)17-6-5-10-22(13-17)18-11-15(14(2)23)7-8-16(18)12-20/h7-8,11,17H,3-6,9-10,13H2,1-2H3,(H,21,24). The van der Waals surface area contributed by atoms with E-state index in [4.69, 9.17) is 0 Å². The summed E-state index contributed by atoms with van der Waals surface area (Å²) >= 11 is 0. The van der Waals surface area contributed by atoms with Crippen LogP contribution in [0.25, 0.3) is 0 Å². The zero-order valence-electron chi connectivity index (χ0n) is 14.5. The molecule has 0 aromatic heterocycles. The summed E-state index contributed by atoms with van der Waals surface area (Å²) in [5.74, 6) is 0.00382. The molecule has 0 spiro atoms. The van der Waals surface area contributed by atoms with Crippen LogP contribution in [-0.2, 0) is 4.79 Å². The number of nitrogens with zero attached hydrogens (tertiary/aromatic N) is 2. The van der Waals surface area contributed by atoms with Crippen LogP contribution in [0.5, 0.6) is 0 Å². The highest BCUT2D eigenvalue weighted by atomic mass is 16.2. The third kappa shape index (κ3) is 4.35. The molecule has 24 heavy (non-hydrogen) atoms. The van der Waals surface area contributed by atoms with Gasteiger partial charge in [0.05, 0.1) is 17.2 Å². The number of unbranched alkanes of at least 4 members (excludes halogenated alkanes) is 1. The molecule has 1 aliphatic rings. The number of piperidine rings is 1. The molecule has 128 valence electrons. The number of benzene rings is 1. The van der Waals surface area contributed by atoms with Crippen molar-refractivity contribution in [1.29, 1.82) is 5.26 Å². The van der Waals surface area contributed by atoms with E-state index in [0.717, 1.165) is 44.5 Å². The van der Waals surface area contributed by atoms with Crippen LogP contribution in [0, 0.1) is 17.2 Å². The number of amides is 1. The molecule has 1 atom stereocenters. The van der Waals surface area contributed by atoms with Crippen LogP contribution in [0.1, 0.15) is 55.5 Å². The second-order valence-electron chi connectivity index (χ2n) is 6.33. The first kappa shape index (κ1) is 18.0. The molecule has 0 bridgehead atoms. The zero-order valence-corrected chi connectivity index (χ0v) is 14.5. The van der Waals surface area contributed by atoms with E-state index in [1.807, 2.05) is 0 Å². The Morgan fingerprint density at radius 3 is 2.88 bits per heavy atom. The molecule has 1 amide bonds. The molecular weight excluding hydrogens is 302 g/mol. The molecule has 1 aromatic rings. The Kier molecular flexibility index (Phi) is 6.36. The van der Waals surface area contributed by atoms with E-state index >= 15 is 0 Å². The number of hydrogen-bond acceptors (Lipinski definition) is 4. The minimum absolute atomic E-state index is 0.0217. The summed E-state index contributed by atoms with van der Waals surface area (Å²) < 4.78 is 0. The van der Waals surface area contributed by atoms with E-state index in [9.17, 15) is 14.9 Å². The Bertz CT molecular complexity index is 649. The minimum Gasteiger partial charge on any atom is -0.370 e. The van der Waals surface area contributed by atoms with Gasteiger partial charge in [-0.25, -0.2) is 0 Å². The van der Waals surface area contributed by atoms with Crippen LogP contribution < -0.4 is 10.2 Å². The fraction of sp³-hybridized carbons (Fsp3) is 0.526. The third-order valence-corrected chi connectivity index (χ3v) is 4.49. The van der Waals surface area contributed by atoms with Gasteiger partial charge in [-0.2, -0.15) is 5.26 Å². The smallest absolute Gasteiger partial charge is 0.224 e. The Morgan fingerprint density at radius 1 is 1.42 bits per heavy atom. The average Bonchev–Trinajstić information content (AvgIpc) is 2.61. The lowest BCUT2D eigenvalue weighted by molar-refractivity contribution is -0.125. The van der Waals surface area contributed by atoms with E-state index < -0.39 is 0 Å². The number of ketones is 1. The molecule has 0 aliphatic carbocycles. The van der Waals surface area contributed by atoms with E-state index in [1.165, 1.54) is 6.92 Å². The predicted molar refractivity (Wildman–Crippen MR) is 94.0 cm³/mol. The van der Waals surface area contributed by atoms with Crippen molar-refractivity contribution in [2.24, 2.45) is 5.92 Å². The number of nitrogens with one attached hydrogen (secondary N) is 1. The highest BCUT2D eigenvalue weighted by Gasteiger charge is 2.27. The molecule has 1 heterocycles.